The van der Waals surface area contributed by atoms with E-state index in [1.54, 1.807) is 0 Å². The zero-order valence-electron chi connectivity index (χ0n) is 5.64. The average Bonchev–Trinajstić information content (AvgIpc) is 1.69. The molecule has 0 atom stereocenters. The summed E-state index contributed by atoms with van der Waals surface area (Å²) < 4.78 is 5.10. The van der Waals surface area contributed by atoms with E-state index < -0.39 is 0 Å². The molecule has 0 radical (unpaired) electrons. The van der Waals surface area contributed by atoms with Crippen molar-refractivity contribution in [3.05, 3.63) is 6.92 Å². The molecule has 0 N–H and O–H groups in total. The molecule has 3 heteroatoms. The van der Waals surface area contributed by atoms with Crippen LogP contribution in [0.2, 0.25) is 0 Å². The molecule has 0 bridgehead atoms. The van der Waals surface area contributed by atoms with Crippen LogP contribution in [0, 0.1) is 12.8 Å². The van der Waals surface area contributed by atoms with Crippen molar-refractivity contribution < 1.29 is 24.2 Å². The quantitative estimate of drug-likeness (QED) is 0.467. The first-order valence-corrected chi connectivity index (χ1v) is 2.80. The molecule has 1 fully saturated rings. The first-order valence-electron chi connectivity index (χ1n) is 2.80. The predicted molar refractivity (Wildman–Crippen MR) is 39.2 cm³/mol. The largest absolute Gasteiger partial charge is 0.382 e. The maximum Gasteiger partial charge on any atom is 0.0444 e. The fraction of sp³-hybridized carbons (Fsp3) is 0.833. The second-order valence-electron chi connectivity index (χ2n) is 2.06. The molecule has 0 amide bonds. The first-order chi connectivity index (χ1) is 3.39. The summed E-state index contributed by atoms with van der Waals surface area (Å²) in [5.74, 6) is 0.661. The van der Waals surface area contributed by atoms with E-state index in [1.807, 2.05) is 0 Å². The van der Waals surface area contributed by atoms with Gasteiger partial charge in [-0.2, -0.15) is 5.92 Å². The molecule has 0 aromatic rings. The number of hydrogen-bond donors (Lipinski definition) is 0. The zero-order chi connectivity index (χ0) is 5.11. The van der Waals surface area contributed by atoms with Crippen molar-refractivity contribution in [1.82, 2.24) is 0 Å². The second kappa shape index (κ2) is 7.17. The van der Waals surface area contributed by atoms with Crippen LogP contribution < -0.4 is 0 Å². The smallest absolute Gasteiger partial charge is 0.0444 e. The fourth-order valence-corrected chi connectivity index (χ4v) is 0.746. The molecule has 1 nitrogen and oxygen atoms in total. The van der Waals surface area contributed by atoms with Crippen LogP contribution in [0.25, 0.3) is 0 Å². The summed E-state index contributed by atoms with van der Waals surface area (Å²) in [5.41, 5.74) is 0. The minimum atomic E-state index is 0. The van der Waals surface area contributed by atoms with Crippen LogP contribution in [0.3, 0.4) is 0 Å². The maximum atomic E-state index is 5.10. The van der Waals surface area contributed by atoms with Crippen molar-refractivity contribution >= 4 is 17.0 Å². The van der Waals surface area contributed by atoms with Gasteiger partial charge in [-0.15, -0.1) is 17.0 Å². The Hall–Kier alpha value is 1.06. The van der Waals surface area contributed by atoms with E-state index in [9.17, 15) is 0 Å². The van der Waals surface area contributed by atoms with Gasteiger partial charge in [-0.1, -0.05) is 12.8 Å². The average molecular weight is 245 g/mol. The van der Waals surface area contributed by atoms with Crippen molar-refractivity contribution in [3.63, 3.8) is 0 Å². The third-order valence-corrected chi connectivity index (χ3v) is 1.34. The zero-order valence-corrected chi connectivity index (χ0v) is 10.3. The number of ether oxygens (including phenoxy) is 1. The SMILES string of the molecule is Br.[CH2-]C1CCOCC1.[Zn]. The Kier molecular flexibility index (Phi) is 10.1. The molecule has 0 saturated carbocycles. The molecule has 1 aliphatic heterocycles. The molecule has 1 rings (SSSR count). The molecule has 1 saturated heterocycles. The van der Waals surface area contributed by atoms with Crippen LogP contribution in [0.5, 0.6) is 0 Å². The van der Waals surface area contributed by atoms with Gasteiger partial charge >= 0.3 is 0 Å². The minimum absolute atomic E-state index is 0. The number of hydrogen-bond acceptors (Lipinski definition) is 1. The Morgan fingerprint density at radius 2 is 1.67 bits per heavy atom. The van der Waals surface area contributed by atoms with E-state index in [4.69, 9.17) is 4.74 Å². The standard InChI is InChI=1S/C6H11O.BrH.Zn/c1-6-2-4-7-5-3-6;;/h6H,1-5H2;1H;/q-1;;. The van der Waals surface area contributed by atoms with Crippen LogP contribution in [0.15, 0.2) is 0 Å². The van der Waals surface area contributed by atoms with Crippen LogP contribution in [0.4, 0.5) is 0 Å². The van der Waals surface area contributed by atoms with Crippen molar-refractivity contribution in [1.29, 1.82) is 0 Å². The van der Waals surface area contributed by atoms with Gasteiger partial charge in [-0.25, -0.2) is 0 Å². The van der Waals surface area contributed by atoms with Gasteiger partial charge in [-0.3, -0.25) is 0 Å². The topological polar surface area (TPSA) is 9.23 Å². The molecule has 9 heavy (non-hydrogen) atoms. The van der Waals surface area contributed by atoms with Gasteiger partial charge < -0.3 is 11.7 Å². The molecule has 0 unspecified atom stereocenters. The van der Waals surface area contributed by atoms with Gasteiger partial charge in [0.25, 0.3) is 0 Å². The molecule has 0 aliphatic carbocycles. The van der Waals surface area contributed by atoms with E-state index in [0.717, 1.165) is 26.1 Å². The summed E-state index contributed by atoms with van der Waals surface area (Å²) >= 11 is 0. The van der Waals surface area contributed by atoms with E-state index in [0.29, 0.717) is 5.92 Å². The normalized spacial score (nSPS) is 19.7. The summed E-state index contributed by atoms with van der Waals surface area (Å²) in [5, 5.41) is 0. The summed E-state index contributed by atoms with van der Waals surface area (Å²) in [6.45, 7) is 5.77. The van der Waals surface area contributed by atoms with Crippen molar-refractivity contribution in [2.24, 2.45) is 5.92 Å². The molecule has 0 spiro atoms. The van der Waals surface area contributed by atoms with Gasteiger partial charge in [0.05, 0.1) is 0 Å². The maximum absolute atomic E-state index is 5.10. The molecule has 0 aromatic carbocycles. The van der Waals surface area contributed by atoms with E-state index in [1.165, 1.54) is 0 Å². The van der Waals surface area contributed by atoms with Crippen LogP contribution in [-0.2, 0) is 24.2 Å². The Morgan fingerprint density at radius 3 is 1.89 bits per heavy atom. The molecule has 1 heterocycles. The summed E-state index contributed by atoms with van der Waals surface area (Å²) in [6, 6.07) is 0. The molecule has 52 valence electrons. The van der Waals surface area contributed by atoms with Gasteiger partial charge in [0.1, 0.15) is 0 Å². The third kappa shape index (κ3) is 5.50. The molecule has 1 aliphatic rings. The summed E-state index contributed by atoms with van der Waals surface area (Å²) in [4.78, 5) is 0. The monoisotopic (exact) mass is 243 g/mol. The van der Waals surface area contributed by atoms with E-state index in [2.05, 4.69) is 6.92 Å². The third-order valence-electron chi connectivity index (χ3n) is 1.34. The first kappa shape index (κ1) is 12.7. The minimum Gasteiger partial charge on any atom is -0.382 e. The van der Waals surface area contributed by atoms with Crippen molar-refractivity contribution in [3.8, 4) is 0 Å². The van der Waals surface area contributed by atoms with Crippen molar-refractivity contribution in [2.75, 3.05) is 13.2 Å². The van der Waals surface area contributed by atoms with Gasteiger partial charge in [0.2, 0.25) is 0 Å². The molecule has 0 aromatic heterocycles. The Morgan fingerprint density at radius 1 is 1.22 bits per heavy atom. The van der Waals surface area contributed by atoms with Crippen LogP contribution in [0.1, 0.15) is 12.8 Å². The van der Waals surface area contributed by atoms with Crippen molar-refractivity contribution in [2.45, 2.75) is 12.8 Å². The molecular formula is C6H12BrOZn-. The van der Waals surface area contributed by atoms with Gasteiger partial charge in [-0.05, 0) is 0 Å². The Bertz CT molecular complexity index is 55.0. The Balaban J connectivity index is 0. The summed E-state index contributed by atoms with van der Waals surface area (Å²) in [6.07, 6.45) is 2.31. The van der Waals surface area contributed by atoms with Gasteiger partial charge in [0, 0.05) is 32.7 Å². The molecular weight excluding hydrogens is 233 g/mol. The number of rotatable bonds is 0. The Labute approximate surface area is 80.1 Å². The summed E-state index contributed by atoms with van der Waals surface area (Å²) in [7, 11) is 0. The van der Waals surface area contributed by atoms with E-state index >= 15 is 0 Å². The fourth-order valence-electron chi connectivity index (χ4n) is 0.746. The number of halogens is 1. The predicted octanol–water partition coefficient (Wildman–Crippen LogP) is 1.82. The van der Waals surface area contributed by atoms with Crippen LogP contribution in [-0.4, -0.2) is 13.2 Å². The second-order valence-corrected chi connectivity index (χ2v) is 2.06. The van der Waals surface area contributed by atoms with Gasteiger partial charge in [0.15, 0.2) is 0 Å². The van der Waals surface area contributed by atoms with E-state index in [-0.39, 0.29) is 36.5 Å². The van der Waals surface area contributed by atoms with Crippen LogP contribution >= 0.6 is 17.0 Å².